The Labute approximate surface area is 201 Å². The molecule has 0 aliphatic heterocycles. The molecule has 0 aliphatic rings. The Kier molecular flexibility index (Phi) is 11.1. The van der Waals surface area contributed by atoms with Gasteiger partial charge in [-0.15, -0.1) is 0 Å². The van der Waals surface area contributed by atoms with Crippen LogP contribution in [0.4, 0.5) is 5.69 Å². The molecule has 10 heteroatoms. The van der Waals surface area contributed by atoms with Crippen LogP contribution in [-0.2, 0) is 9.47 Å². The highest BCUT2D eigenvalue weighted by molar-refractivity contribution is 9.10. The zero-order valence-corrected chi connectivity index (χ0v) is 20.3. The van der Waals surface area contributed by atoms with E-state index in [0.717, 1.165) is 6.42 Å². The van der Waals surface area contributed by atoms with Gasteiger partial charge in [-0.2, -0.15) is 0 Å². The van der Waals surface area contributed by atoms with Crippen LogP contribution in [0, 0.1) is 0 Å². The molecule has 0 aliphatic carbocycles. The zero-order valence-electron chi connectivity index (χ0n) is 17.9. The van der Waals surface area contributed by atoms with Gasteiger partial charge in [0.2, 0.25) is 0 Å². The summed E-state index contributed by atoms with van der Waals surface area (Å²) in [5.74, 6) is 0.0876. The van der Waals surface area contributed by atoms with Crippen molar-refractivity contribution in [2.45, 2.75) is 6.42 Å². The molecule has 2 aromatic carbocycles. The molecule has 8 nitrogen and oxygen atoms in total. The number of benzene rings is 2. The SMILES string of the molecule is COCCCNC(=O)c1ccc(NC(=S)NC(=O)c2ccc(OCCOC)c(Br)c2)cc1. The average molecular weight is 524 g/mol. The predicted octanol–water partition coefficient (Wildman–Crippen LogP) is 3.37. The van der Waals surface area contributed by atoms with Crippen LogP contribution in [0.5, 0.6) is 5.75 Å². The molecule has 0 saturated carbocycles. The van der Waals surface area contributed by atoms with Crippen LogP contribution in [0.1, 0.15) is 27.1 Å². The van der Waals surface area contributed by atoms with Crippen molar-refractivity contribution in [3.8, 4) is 5.75 Å². The number of amides is 2. The minimum atomic E-state index is -0.362. The van der Waals surface area contributed by atoms with E-state index in [2.05, 4.69) is 31.9 Å². The van der Waals surface area contributed by atoms with Gasteiger partial charge in [-0.1, -0.05) is 0 Å². The molecular formula is C22H26BrN3O5S. The summed E-state index contributed by atoms with van der Waals surface area (Å²) < 4.78 is 16.1. The lowest BCUT2D eigenvalue weighted by Crippen LogP contribution is -2.34. The third-order valence-corrected chi connectivity index (χ3v) is 5.01. The number of methoxy groups -OCH3 is 2. The van der Waals surface area contributed by atoms with Crippen molar-refractivity contribution < 1.29 is 23.8 Å². The van der Waals surface area contributed by atoms with Gasteiger partial charge in [0.05, 0.1) is 11.1 Å². The van der Waals surface area contributed by atoms with Crippen LogP contribution in [0.15, 0.2) is 46.9 Å². The maximum atomic E-state index is 12.5. The summed E-state index contributed by atoms with van der Waals surface area (Å²) in [6, 6.07) is 11.8. The molecule has 0 radical (unpaired) electrons. The first-order chi connectivity index (χ1) is 15.4. The molecule has 2 amide bonds. The van der Waals surface area contributed by atoms with Gasteiger partial charge in [0, 0.05) is 44.2 Å². The number of nitrogens with one attached hydrogen (secondary N) is 3. The van der Waals surface area contributed by atoms with E-state index >= 15 is 0 Å². The number of anilines is 1. The fourth-order valence-corrected chi connectivity index (χ4v) is 3.26. The van der Waals surface area contributed by atoms with Crippen molar-refractivity contribution in [3.63, 3.8) is 0 Å². The molecule has 3 N–H and O–H groups in total. The molecule has 0 atom stereocenters. The van der Waals surface area contributed by atoms with Crippen molar-refractivity contribution in [1.82, 2.24) is 10.6 Å². The van der Waals surface area contributed by atoms with Crippen LogP contribution in [-0.4, -0.2) is 57.5 Å². The van der Waals surface area contributed by atoms with Gasteiger partial charge >= 0.3 is 0 Å². The average Bonchev–Trinajstić information content (AvgIpc) is 2.78. The molecule has 2 aromatic rings. The fourth-order valence-electron chi connectivity index (χ4n) is 2.56. The maximum Gasteiger partial charge on any atom is 0.257 e. The largest absolute Gasteiger partial charge is 0.490 e. The lowest BCUT2D eigenvalue weighted by Gasteiger charge is -2.12. The third-order valence-electron chi connectivity index (χ3n) is 4.18. The molecule has 0 saturated heterocycles. The van der Waals surface area contributed by atoms with E-state index in [1.54, 1.807) is 56.7 Å². The van der Waals surface area contributed by atoms with Crippen LogP contribution >= 0.6 is 28.1 Å². The van der Waals surface area contributed by atoms with E-state index in [4.69, 9.17) is 26.4 Å². The molecule has 0 spiro atoms. The van der Waals surface area contributed by atoms with Gasteiger partial charge in [0.15, 0.2) is 5.11 Å². The van der Waals surface area contributed by atoms with E-state index < -0.39 is 0 Å². The van der Waals surface area contributed by atoms with Crippen molar-refractivity contribution in [3.05, 3.63) is 58.1 Å². The Morgan fingerprint density at radius 1 is 0.938 bits per heavy atom. The minimum Gasteiger partial charge on any atom is -0.490 e. The van der Waals surface area contributed by atoms with Crippen molar-refractivity contribution >= 4 is 50.8 Å². The lowest BCUT2D eigenvalue weighted by molar-refractivity contribution is 0.0946. The molecule has 32 heavy (non-hydrogen) atoms. The number of thiocarbonyl (C=S) groups is 1. The Morgan fingerprint density at radius 3 is 2.28 bits per heavy atom. The van der Waals surface area contributed by atoms with Crippen molar-refractivity contribution in [2.75, 3.05) is 45.9 Å². The second kappa shape index (κ2) is 13.8. The summed E-state index contributed by atoms with van der Waals surface area (Å²) in [6.07, 6.45) is 0.746. The van der Waals surface area contributed by atoms with Gasteiger partial charge in [0.25, 0.3) is 11.8 Å². The molecule has 172 valence electrons. The Morgan fingerprint density at radius 2 is 1.62 bits per heavy atom. The van der Waals surface area contributed by atoms with Crippen molar-refractivity contribution in [2.24, 2.45) is 0 Å². The molecule has 0 unspecified atom stereocenters. The first kappa shape index (κ1) is 25.7. The molecule has 0 heterocycles. The molecule has 0 aromatic heterocycles. The smallest absolute Gasteiger partial charge is 0.257 e. The first-order valence-electron chi connectivity index (χ1n) is 9.85. The monoisotopic (exact) mass is 523 g/mol. The summed E-state index contributed by atoms with van der Waals surface area (Å²) in [5.41, 5.74) is 1.59. The quantitative estimate of drug-likeness (QED) is 0.306. The number of hydrogen-bond donors (Lipinski definition) is 3. The highest BCUT2D eigenvalue weighted by Gasteiger charge is 2.12. The van der Waals surface area contributed by atoms with E-state index in [1.807, 2.05) is 0 Å². The Hall–Kier alpha value is -2.53. The number of halogens is 1. The van der Waals surface area contributed by atoms with Gasteiger partial charge in [-0.3, -0.25) is 14.9 Å². The lowest BCUT2D eigenvalue weighted by atomic mass is 10.2. The fraction of sp³-hybridized carbons (Fsp3) is 0.318. The van der Waals surface area contributed by atoms with E-state index in [0.29, 0.717) is 53.4 Å². The van der Waals surface area contributed by atoms with Gasteiger partial charge in [-0.05, 0) is 77.0 Å². The second-order valence-electron chi connectivity index (χ2n) is 6.57. The van der Waals surface area contributed by atoms with Crippen LogP contribution in [0.25, 0.3) is 0 Å². The Bertz CT molecular complexity index is 924. The topological polar surface area (TPSA) is 97.9 Å². The van der Waals surface area contributed by atoms with Gasteiger partial charge in [0.1, 0.15) is 12.4 Å². The third kappa shape index (κ3) is 8.54. The van der Waals surface area contributed by atoms with Gasteiger partial charge in [-0.25, -0.2) is 0 Å². The summed E-state index contributed by atoms with van der Waals surface area (Å²) >= 11 is 8.62. The normalized spacial score (nSPS) is 10.3. The summed E-state index contributed by atoms with van der Waals surface area (Å²) in [6.45, 7) is 2.01. The molecule has 0 bridgehead atoms. The molecule has 2 rings (SSSR count). The van der Waals surface area contributed by atoms with Crippen LogP contribution < -0.4 is 20.7 Å². The van der Waals surface area contributed by atoms with E-state index in [9.17, 15) is 9.59 Å². The maximum absolute atomic E-state index is 12.5. The predicted molar refractivity (Wildman–Crippen MR) is 130 cm³/mol. The summed E-state index contributed by atoms with van der Waals surface area (Å²) in [4.78, 5) is 24.6. The Balaban J connectivity index is 1.86. The molecule has 0 fully saturated rings. The number of ether oxygens (including phenoxy) is 3. The van der Waals surface area contributed by atoms with Crippen molar-refractivity contribution in [1.29, 1.82) is 0 Å². The number of carbonyl (C=O) groups excluding carboxylic acids is 2. The summed E-state index contributed by atoms with van der Waals surface area (Å²) in [5, 5.41) is 8.52. The number of carbonyl (C=O) groups is 2. The summed E-state index contributed by atoms with van der Waals surface area (Å²) in [7, 11) is 3.22. The van der Waals surface area contributed by atoms with E-state index in [1.165, 1.54) is 0 Å². The highest BCUT2D eigenvalue weighted by atomic mass is 79.9. The molecular weight excluding hydrogens is 498 g/mol. The minimum absolute atomic E-state index is 0.142. The standard InChI is InChI=1S/C22H26BrN3O5S/c1-29-11-3-10-24-20(27)15-4-7-17(8-5-15)25-22(32)26-21(28)16-6-9-19(18(23)14-16)31-13-12-30-2/h4-9,14H,3,10-13H2,1-2H3,(H,24,27)(H2,25,26,28,32). The highest BCUT2D eigenvalue weighted by Crippen LogP contribution is 2.26. The van der Waals surface area contributed by atoms with E-state index in [-0.39, 0.29) is 16.9 Å². The van der Waals surface area contributed by atoms with Crippen LogP contribution in [0.3, 0.4) is 0 Å². The first-order valence-corrected chi connectivity index (χ1v) is 11.1. The van der Waals surface area contributed by atoms with Gasteiger partial charge < -0.3 is 24.8 Å². The number of rotatable bonds is 11. The second-order valence-corrected chi connectivity index (χ2v) is 7.84. The van der Waals surface area contributed by atoms with Crippen LogP contribution in [0.2, 0.25) is 0 Å². The zero-order chi connectivity index (χ0) is 23.3. The number of hydrogen-bond acceptors (Lipinski definition) is 6.